The third-order valence-corrected chi connectivity index (χ3v) is 5.64. The molecule has 27 heavy (non-hydrogen) atoms. The van der Waals surface area contributed by atoms with Crippen LogP contribution in [0.1, 0.15) is 13.8 Å². The zero-order valence-electron chi connectivity index (χ0n) is 15.3. The van der Waals surface area contributed by atoms with Crippen molar-refractivity contribution in [3.05, 3.63) is 60.9 Å². The molecule has 7 heteroatoms. The van der Waals surface area contributed by atoms with Crippen molar-refractivity contribution in [2.45, 2.75) is 24.8 Å². The van der Waals surface area contributed by atoms with Gasteiger partial charge in [0.25, 0.3) is 0 Å². The molecule has 6 nitrogen and oxygen atoms in total. The molecule has 0 spiro atoms. The SMILES string of the molecule is CCOc1ccc(NCC(C)NS(=O)(=O)c2ccc3cnccc3c2)cc1. The van der Waals surface area contributed by atoms with E-state index in [0.29, 0.717) is 13.2 Å². The van der Waals surface area contributed by atoms with Crippen LogP contribution in [-0.2, 0) is 10.0 Å². The molecule has 0 aliphatic heterocycles. The highest BCUT2D eigenvalue weighted by molar-refractivity contribution is 7.89. The van der Waals surface area contributed by atoms with Crippen molar-refractivity contribution in [3.63, 3.8) is 0 Å². The fourth-order valence-electron chi connectivity index (χ4n) is 2.71. The van der Waals surface area contributed by atoms with E-state index >= 15 is 0 Å². The van der Waals surface area contributed by atoms with Crippen LogP contribution in [0.25, 0.3) is 10.8 Å². The third kappa shape index (κ3) is 4.96. The molecule has 0 saturated carbocycles. The summed E-state index contributed by atoms with van der Waals surface area (Å²) < 4.78 is 33.4. The Bertz CT molecular complexity index is 1000. The van der Waals surface area contributed by atoms with Gasteiger partial charge in [0.1, 0.15) is 5.75 Å². The van der Waals surface area contributed by atoms with E-state index in [1.807, 2.05) is 38.1 Å². The molecule has 2 N–H and O–H groups in total. The van der Waals surface area contributed by atoms with Crippen molar-refractivity contribution in [1.82, 2.24) is 9.71 Å². The summed E-state index contributed by atoms with van der Waals surface area (Å²) in [7, 11) is -3.60. The van der Waals surface area contributed by atoms with E-state index < -0.39 is 10.0 Å². The quantitative estimate of drug-likeness (QED) is 0.621. The number of ether oxygens (including phenoxy) is 1. The smallest absolute Gasteiger partial charge is 0.240 e. The van der Waals surface area contributed by atoms with Gasteiger partial charge in [0.2, 0.25) is 10.0 Å². The highest BCUT2D eigenvalue weighted by Gasteiger charge is 2.17. The van der Waals surface area contributed by atoms with Gasteiger partial charge in [-0.25, -0.2) is 13.1 Å². The molecule has 3 rings (SSSR count). The first-order valence-electron chi connectivity index (χ1n) is 8.81. The van der Waals surface area contributed by atoms with Gasteiger partial charge in [0.05, 0.1) is 11.5 Å². The lowest BCUT2D eigenvalue weighted by Gasteiger charge is -2.16. The van der Waals surface area contributed by atoms with Crippen molar-refractivity contribution in [3.8, 4) is 5.75 Å². The average molecular weight is 385 g/mol. The largest absolute Gasteiger partial charge is 0.494 e. The number of nitrogens with one attached hydrogen (secondary N) is 2. The minimum absolute atomic E-state index is 0.245. The standard InChI is InChI=1S/C20H23N3O3S/c1-3-26-19-7-5-18(6-8-19)22-13-15(2)23-27(24,25)20-9-4-17-14-21-11-10-16(17)12-20/h4-12,14-15,22-23H,3,13H2,1-2H3. The second-order valence-corrected chi connectivity index (χ2v) is 7.96. The first-order valence-corrected chi connectivity index (χ1v) is 10.3. The second kappa shape index (κ2) is 8.37. The van der Waals surface area contributed by atoms with E-state index in [1.54, 1.807) is 36.7 Å². The molecule has 0 radical (unpaired) electrons. The molecule has 0 fully saturated rings. The van der Waals surface area contributed by atoms with E-state index in [2.05, 4.69) is 15.0 Å². The molecule has 0 bridgehead atoms. The van der Waals surface area contributed by atoms with Gasteiger partial charge in [0.15, 0.2) is 0 Å². The van der Waals surface area contributed by atoms with Gasteiger partial charge in [-0.05, 0) is 61.7 Å². The molecule has 1 unspecified atom stereocenters. The fourth-order valence-corrected chi connectivity index (χ4v) is 3.99. The number of hydrogen-bond donors (Lipinski definition) is 2. The number of pyridine rings is 1. The van der Waals surface area contributed by atoms with Gasteiger partial charge in [0, 0.05) is 36.1 Å². The van der Waals surface area contributed by atoms with Crippen LogP contribution in [0.5, 0.6) is 5.75 Å². The number of rotatable bonds is 8. The highest BCUT2D eigenvalue weighted by Crippen LogP contribution is 2.19. The third-order valence-electron chi connectivity index (χ3n) is 4.06. The maximum Gasteiger partial charge on any atom is 0.240 e. The summed E-state index contributed by atoms with van der Waals surface area (Å²) in [5.41, 5.74) is 0.905. The molecule has 0 saturated heterocycles. The van der Waals surface area contributed by atoms with Crippen molar-refractivity contribution in [2.75, 3.05) is 18.5 Å². The van der Waals surface area contributed by atoms with Crippen LogP contribution < -0.4 is 14.8 Å². The minimum Gasteiger partial charge on any atom is -0.494 e. The molecule has 0 amide bonds. The maximum atomic E-state index is 12.6. The fraction of sp³-hybridized carbons (Fsp3) is 0.250. The molecule has 1 heterocycles. The maximum absolute atomic E-state index is 12.6. The van der Waals surface area contributed by atoms with Gasteiger partial charge in [-0.2, -0.15) is 0 Å². The van der Waals surface area contributed by atoms with Crippen molar-refractivity contribution in [2.24, 2.45) is 0 Å². The Hall–Kier alpha value is -2.64. The molecule has 2 aromatic carbocycles. The molecule has 0 aliphatic carbocycles. The normalized spacial score (nSPS) is 12.7. The summed E-state index contributed by atoms with van der Waals surface area (Å²) in [5, 5.41) is 4.97. The molecule has 3 aromatic rings. The van der Waals surface area contributed by atoms with Crippen molar-refractivity contribution >= 4 is 26.5 Å². The first kappa shape index (κ1) is 19.1. The molecule has 0 aliphatic rings. The molecule has 142 valence electrons. The molecular weight excluding hydrogens is 362 g/mol. The van der Waals surface area contributed by atoms with Crippen LogP contribution in [0.3, 0.4) is 0 Å². The van der Waals surface area contributed by atoms with Crippen LogP contribution >= 0.6 is 0 Å². The number of benzene rings is 2. The van der Waals surface area contributed by atoms with Crippen LogP contribution in [0.2, 0.25) is 0 Å². The zero-order valence-corrected chi connectivity index (χ0v) is 16.2. The Morgan fingerprint density at radius 2 is 1.85 bits per heavy atom. The lowest BCUT2D eigenvalue weighted by Crippen LogP contribution is -2.37. The number of anilines is 1. The summed E-state index contributed by atoms with van der Waals surface area (Å²) in [6.45, 7) is 4.85. The van der Waals surface area contributed by atoms with Gasteiger partial charge in [-0.15, -0.1) is 0 Å². The number of hydrogen-bond acceptors (Lipinski definition) is 5. The predicted molar refractivity (Wildman–Crippen MR) is 108 cm³/mol. The van der Waals surface area contributed by atoms with E-state index in [4.69, 9.17) is 4.74 Å². The molecular formula is C20H23N3O3S. The van der Waals surface area contributed by atoms with Gasteiger partial charge in [-0.1, -0.05) is 6.07 Å². The Labute approximate surface area is 159 Å². The Balaban J connectivity index is 1.62. The van der Waals surface area contributed by atoms with Gasteiger partial charge >= 0.3 is 0 Å². The van der Waals surface area contributed by atoms with E-state index in [1.165, 1.54) is 0 Å². The van der Waals surface area contributed by atoms with Crippen LogP contribution in [-0.4, -0.2) is 32.6 Å². The monoisotopic (exact) mass is 385 g/mol. The number of nitrogens with zero attached hydrogens (tertiary/aromatic N) is 1. The van der Waals surface area contributed by atoms with E-state index in [9.17, 15) is 8.42 Å². The summed E-state index contributed by atoms with van der Waals surface area (Å²) in [6, 6.07) is 14.1. The second-order valence-electron chi connectivity index (χ2n) is 6.25. The number of sulfonamides is 1. The van der Waals surface area contributed by atoms with Crippen molar-refractivity contribution < 1.29 is 13.2 Å². The van der Waals surface area contributed by atoms with Gasteiger partial charge < -0.3 is 10.1 Å². The van der Waals surface area contributed by atoms with E-state index in [0.717, 1.165) is 22.2 Å². The number of aromatic nitrogens is 1. The highest BCUT2D eigenvalue weighted by atomic mass is 32.2. The molecule has 1 aromatic heterocycles. The Morgan fingerprint density at radius 3 is 2.59 bits per heavy atom. The Kier molecular flexibility index (Phi) is 5.93. The molecule has 1 atom stereocenters. The lowest BCUT2D eigenvalue weighted by molar-refractivity contribution is 0.340. The summed E-state index contributed by atoms with van der Waals surface area (Å²) in [5.74, 6) is 0.809. The Morgan fingerprint density at radius 1 is 1.07 bits per heavy atom. The average Bonchev–Trinajstić information content (AvgIpc) is 2.67. The minimum atomic E-state index is -3.60. The zero-order chi connectivity index (χ0) is 19.3. The summed E-state index contributed by atoms with van der Waals surface area (Å²) >= 11 is 0. The summed E-state index contributed by atoms with van der Waals surface area (Å²) in [4.78, 5) is 4.29. The van der Waals surface area contributed by atoms with Crippen molar-refractivity contribution in [1.29, 1.82) is 0 Å². The topological polar surface area (TPSA) is 80.3 Å². The van der Waals surface area contributed by atoms with Crippen LogP contribution in [0.4, 0.5) is 5.69 Å². The van der Waals surface area contributed by atoms with Gasteiger partial charge in [-0.3, -0.25) is 4.98 Å². The van der Waals surface area contributed by atoms with E-state index in [-0.39, 0.29) is 10.9 Å². The predicted octanol–water partition coefficient (Wildman–Crippen LogP) is 3.41. The lowest BCUT2D eigenvalue weighted by atomic mass is 10.2. The van der Waals surface area contributed by atoms with Crippen LogP contribution in [0.15, 0.2) is 65.8 Å². The van der Waals surface area contributed by atoms with Crippen LogP contribution in [0, 0.1) is 0 Å². The number of fused-ring (bicyclic) bond motifs is 1. The first-order chi connectivity index (χ1) is 13.0. The summed E-state index contributed by atoms with van der Waals surface area (Å²) in [6.07, 6.45) is 3.36.